The van der Waals surface area contributed by atoms with Crippen molar-refractivity contribution in [2.24, 2.45) is 0 Å². The van der Waals surface area contributed by atoms with Crippen molar-refractivity contribution >= 4 is 29.2 Å². The maximum Gasteiger partial charge on any atom is 0.357 e. The Morgan fingerprint density at radius 3 is 2.26 bits per heavy atom. The van der Waals surface area contributed by atoms with Gasteiger partial charge in [0, 0.05) is 10.2 Å². The highest BCUT2D eigenvalue weighted by molar-refractivity contribution is 9.10. The minimum atomic E-state index is -3.33. The Bertz CT molecular complexity index is 695. The summed E-state index contributed by atoms with van der Waals surface area (Å²) >= 11 is 3.40. The number of phenolic OH excluding ortho intramolecular Hbond substituents is 1. The number of phenols is 1. The van der Waals surface area contributed by atoms with Gasteiger partial charge in [0.05, 0.1) is 13.2 Å². The van der Waals surface area contributed by atoms with Crippen molar-refractivity contribution in [3.8, 4) is 5.75 Å². The van der Waals surface area contributed by atoms with E-state index >= 15 is 0 Å². The first-order valence-corrected chi connectivity index (χ1v) is 9.67. The smallest absolute Gasteiger partial charge is 0.357 e. The Hall–Kier alpha value is -1.33. The molecule has 0 bridgehead atoms. The zero-order valence-electron chi connectivity index (χ0n) is 12.3. The molecule has 1 saturated heterocycles. The monoisotopic (exact) mass is 397 g/mol. The van der Waals surface area contributed by atoms with E-state index in [2.05, 4.69) is 21.2 Å². The van der Waals surface area contributed by atoms with Gasteiger partial charge in [0.15, 0.2) is 5.78 Å². The van der Waals surface area contributed by atoms with Crippen LogP contribution in [-0.2, 0) is 13.6 Å². The number of anilines is 1. The molecule has 2 aromatic rings. The molecule has 0 aliphatic carbocycles. The first kappa shape index (κ1) is 16.5. The van der Waals surface area contributed by atoms with E-state index in [4.69, 9.17) is 9.05 Å². The van der Waals surface area contributed by atoms with Crippen LogP contribution < -0.4 is 5.32 Å². The number of halogens is 1. The summed E-state index contributed by atoms with van der Waals surface area (Å²) in [5, 5.41) is 12.6. The molecule has 0 unspecified atom stereocenters. The molecule has 0 amide bonds. The Morgan fingerprint density at radius 1 is 1.04 bits per heavy atom. The molecular formula is C16H17BrNO4P. The third-order valence-electron chi connectivity index (χ3n) is 3.50. The van der Waals surface area contributed by atoms with Crippen molar-refractivity contribution in [3.63, 3.8) is 0 Å². The number of rotatable bonds is 4. The van der Waals surface area contributed by atoms with Crippen molar-refractivity contribution in [3.05, 3.63) is 58.6 Å². The minimum absolute atomic E-state index is 0.174. The lowest BCUT2D eigenvalue weighted by Gasteiger charge is -2.31. The lowest BCUT2D eigenvalue weighted by Crippen LogP contribution is -2.19. The highest BCUT2D eigenvalue weighted by Crippen LogP contribution is 2.62. The molecule has 1 aliphatic heterocycles. The van der Waals surface area contributed by atoms with E-state index in [0.717, 1.165) is 22.1 Å². The molecule has 0 spiro atoms. The molecule has 2 aromatic carbocycles. The number of hydrogen-bond donors (Lipinski definition) is 2. The van der Waals surface area contributed by atoms with Crippen LogP contribution in [0.2, 0.25) is 0 Å². The molecular weight excluding hydrogens is 381 g/mol. The van der Waals surface area contributed by atoms with E-state index in [1.165, 1.54) is 0 Å². The van der Waals surface area contributed by atoms with Crippen molar-refractivity contribution in [1.29, 1.82) is 0 Å². The molecule has 2 N–H and O–H groups in total. The van der Waals surface area contributed by atoms with Crippen LogP contribution in [0.1, 0.15) is 17.8 Å². The van der Waals surface area contributed by atoms with Crippen LogP contribution in [-0.4, -0.2) is 18.3 Å². The molecule has 5 nitrogen and oxygen atoms in total. The maximum atomic E-state index is 13.1. The second-order valence-electron chi connectivity index (χ2n) is 5.21. The van der Waals surface area contributed by atoms with Crippen LogP contribution in [0.4, 0.5) is 5.69 Å². The van der Waals surface area contributed by atoms with Crippen LogP contribution in [0.25, 0.3) is 0 Å². The molecule has 1 aliphatic rings. The summed E-state index contributed by atoms with van der Waals surface area (Å²) in [6, 6.07) is 14.1. The largest absolute Gasteiger partial charge is 0.508 e. The summed E-state index contributed by atoms with van der Waals surface area (Å²) in [6.45, 7) is 0.836. The van der Waals surface area contributed by atoms with Gasteiger partial charge in [0.2, 0.25) is 0 Å². The summed E-state index contributed by atoms with van der Waals surface area (Å²) in [6.07, 6.45) is 0.732. The predicted octanol–water partition coefficient (Wildman–Crippen LogP) is 4.90. The van der Waals surface area contributed by atoms with E-state index in [-0.39, 0.29) is 5.75 Å². The molecule has 0 radical (unpaired) electrons. The standard InChI is InChI=1S/C16H17BrNO4P/c17-13-4-2-12(3-5-13)16(23(20)21-10-1-11-22-23)18-14-6-8-15(19)9-7-14/h2-9,16,18-19H,1,10-11H2/t16-/m0/s1. The third-order valence-corrected chi connectivity index (χ3v) is 6.18. The Balaban J connectivity index is 1.93. The molecule has 1 atom stereocenters. The van der Waals surface area contributed by atoms with Gasteiger partial charge in [-0.05, 0) is 48.4 Å². The fourth-order valence-corrected chi connectivity index (χ4v) is 4.58. The Morgan fingerprint density at radius 2 is 1.65 bits per heavy atom. The number of hydrogen-bond acceptors (Lipinski definition) is 5. The van der Waals surface area contributed by atoms with E-state index < -0.39 is 13.4 Å². The minimum Gasteiger partial charge on any atom is -0.508 e. The maximum absolute atomic E-state index is 13.1. The fourth-order valence-electron chi connectivity index (χ4n) is 2.33. The summed E-state index contributed by atoms with van der Waals surface area (Å²) in [4.78, 5) is 0. The van der Waals surface area contributed by atoms with Crippen LogP contribution in [0.3, 0.4) is 0 Å². The second kappa shape index (κ2) is 7.05. The average Bonchev–Trinajstić information content (AvgIpc) is 2.56. The molecule has 0 saturated carbocycles. The SMILES string of the molecule is O=P1([C@H](Nc2ccc(O)cc2)c2ccc(Br)cc2)OCCCO1. The van der Waals surface area contributed by atoms with Crippen LogP contribution >= 0.6 is 23.5 Å². The summed E-state index contributed by atoms with van der Waals surface area (Å²) in [5.74, 6) is -0.437. The zero-order chi connectivity index (χ0) is 16.3. The van der Waals surface area contributed by atoms with Gasteiger partial charge in [-0.2, -0.15) is 0 Å². The van der Waals surface area contributed by atoms with Gasteiger partial charge in [-0.3, -0.25) is 4.57 Å². The van der Waals surface area contributed by atoms with Gasteiger partial charge >= 0.3 is 7.60 Å². The highest BCUT2D eigenvalue weighted by atomic mass is 79.9. The zero-order valence-corrected chi connectivity index (χ0v) is 14.8. The molecule has 23 heavy (non-hydrogen) atoms. The quantitative estimate of drug-likeness (QED) is 0.567. The van der Waals surface area contributed by atoms with E-state index in [9.17, 15) is 9.67 Å². The van der Waals surface area contributed by atoms with Crippen molar-refractivity contribution in [2.45, 2.75) is 12.2 Å². The highest BCUT2D eigenvalue weighted by Gasteiger charge is 2.39. The van der Waals surface area contributed by atoms with Gasteiger partial charge in [-0.25, -0.2) is 0 Å². The van der Waals surface area contributed by atoms with Gasteiger partial charge in [-0.1, -0.05) is 28.1 Å². The Kier molecular flexibility index (Phi) is 5.07. The van der Waals surface area contributed by atoms with Crippen molar-refractivity contribution in [1.82, 2.24) is 0 Å². The van der Waals surface area contributed by atoms with E-state index in [1.807, 2.05) is 24.3 Å². The first-order valence-electron chi connectivity index (χ1n) is 7.27. The van der Waals surface area contributed by atoms with Crippen molar-refractivity contribution < 1.29 is 18.7 Å². The lowest BCUT2D eigenvalue weighted by atomic mass is 10.2. The Labute approximate surface area is 143 Å². The number of nitrogens with one attached hydrogen (secondary N) is 1. The number of aromatic hydroxyl groups is 1. The molecule has 3 rings (SSSR count). The summed E-state index contributed by atoms with van der Waals surface area (Å²) in [7, 11) is -3.33. The topological polar surface area (TPSA) is 67.8 Å². The van der Waals surface area contributed by atoms with Gasteiger partial charge in [0.1, 0.15) is 5.75 Å². The molecule has 0 aromatic heterocycles. The van der Waals surface area contributed by atoms with Crippen LogP contribution in [0.5, 0.6) is 5.75 Å². The molecule has 1 fully saturated rings. The molecule has 7 heteroatoms. The second-order valence-corrected chi connectivity index (χ2v) is 8.23. The fraction of sp³-hybridized carbons (Fsp3) is 0.250. The predicted molar refractivity (Wildman–Crippen MR) is 92.7 cm³/mol. The average molecular weight is 398 g/mol. The first-order chi connectivity index (χ1) is 11.1. The van der Waals surface area contributed by atoms with Crippen LogP contribution in [0.15, 0.2) is 53.0 Å². The summed E-state index contributed by atoms with van der Waals surface area (Å²) < 4.78 is 25.1. The van der Waals surface area contributed by atoms with Gasteiger partial charge in [-0.15, -0.1) is 0 Å². The molecule has 1 heterocycles. The number of benzene rings is 2. The normalized spacial score (nSPS) is 18.3. The van der Waals surface area contributed by atoms with Gasteiger partial charge in [0.25, 0.3) is 0 Å². The van der Waals surface area contributed by atoms with E-state index in [1.54, 1.807) is 24.3 Å². The van der Waals surface area contributed by atoms with E-state index in [0.29, 0.717) is 13.2 Å². The van der Waals surface area contributed by atoms with Gasteiger partial charge < -0.3 is 19.5 Å². The summed E-state index contributed by atoms with van der Waals surface area (Å²) in [5.41, 5.74) is 1.54. The van der Waals surface area contributed by atoms with Crippen LogP contribution in [0, 0.1) is 0 Å². The third kappa shape index (κ3) is 3.96. The molecule has 122 valence electrons. The van der Waals surface area contributed by atoms with Crippen molar-refractivity contribution in [2.75, 3.05) is 18.5 Å². The lowest BCUT2D eigenvalue weighted by molar-refractivity contribution is 0.142.